The highest BCUT2D eigenvalue weighted by molar-refractivity contribution is 6.12. The molecule has 0 radical (unpaired) electrons. The van der Waals surface area contributed by atoms with Gasteiger partial charge in [-0.05, 0) is 129 Å². The summed E-state index contributed by atoms with van der Waals surface area (Å²) in [5.74, 6) is 0. The van der Waals surface area contributed by atoms with Crippen molar-refractivity contribution in [2.45, 2.75) is 0 Å². The van der Waals surface area contributed by atoms with E-state index in [1.54, 1.807) is 0 Å². The first-order valence-corrected chi connectivity index (χ1v) is 22.9. The molecule has 3 nitrogen and oxygen atoms in total. The highest BCUT2D eigenvalue weighted by atomic mass is 16.3. The summed E-state index contributed by atoms with van der Waals surface area (Å²) in [7, 11) is 0. The van der Waals surface area contributed by atoms with Crippen molar-refractivity contribution < 1.29 is 4.42 Å². The molecule has 0 fully saturated rings. The number of nitrogens with zero attached hydrogens (tertiary/aromatic N) is 2. The Balaban J connectivity index is 1.00. The molecule has 13 aromatic rings. The average molecular weight is 855 g/mol. The zero-order valence-electron chi connectivity index (χ0n) is 36.6. The maximum Gasteiger partial charge on any atom is 0.136 e. The first-order chi connectivity index (χ1) is 33.2. The van der Waals surface area contributed by atoms with Gasteiger partial charge in [0.1, 0.15) is 11.2 Å². The van der Waals surface area contributed by atoms with Crippen molar-refractivity contribution in [3.05, 3.63) is 255 Å². The Morgan fingerprint density at radius 1 is 0.313 bits per heavy atom. The Hall–Kier alpha value is -8.92. The quantitative estimate of drug-likeness (QED) is 0.152. The standard InChI is InChI=1S/C64H42N2O/c1-3-17-43(18-4-1)52-30-15-19-44-20-16-31-57(64(44)52)53-27-7-10-32-59(53)65(51-26-14-22-46(40-51)48-35-37-56-55-29-9-12-34-62(55)67-63(56)42-48)50-25-13-21-45(39-50)47-36-38-61-58(41-47)54-28-8-11-33-60(54)66(61)49-23-5-2-6-24-49/h1-42H. The number of furan rings is 1. The molecule has 0 bridgehead atoms. The van der Waals surface area contributed by atoms with Crippen LogP contribution in [-0.2, 0) is 0 Å². The second-order valence-corrected chi connectivity index (χ2v) is 17.3. The largest absolute Gasteiger partial charge is 0.456 e. The van der Waals surface area contributed by atoms with Crippen molar-refractivity contribution >= 4 is 71.6 Å². The first-order valence-electron chi connectivity index (χ1n) is 22.9. The summed E-state index contributed by atoms with van der Waals surface area (Å²) >= 11 is 0. The molecule has 0 amide bonds. The number of hydrogen-bond acceptors (Lipinski definition) is 2. The van der Waals surface area contributed by atoms with Crippen LogP contribution in [0.2, 0.25) is 0 Å². The number of fused-ring (bicyclic) bond motifs is 7. The maximum absolute atomic E-state index is 6.39. The van der Waals surface area contributed by atoms with Crippen LogP contribution in [0.5, 0.6) is 0 Å². The lowest BCUT2D eigenvalue weighted by Gasteiger charge is -2.29. The van der Waals surface area contributed by atoms with Crippen LogP contribution >= 0.6 is 0 Å². The zero-order chi connectivity index (χ0) is 44.3. The van der Waals surface area contributed by atoms with Crippen LogP contribution in [0, 0.1) is 0 Å². The summed E-state index contributed by atoms with van der Waals surface area (Å²) in [6, 6.07) is 92.1. The van der Waals surface area contributed by atoms with Gasteiger partial charge >= 0.3 is 0 Å². The van der Waals surface area contributed by atoms with Gasteiger partial charge in [0, 0.05) is 44.2 Å². The monoisotopic (exact) mass is 854 g/mol. The third-order valence-electron chi connectivity index (χ3n) is 13.4. The third-order valence-corrected chi connectivity index (χ3v) is 13.4. The van der Waals surface area contributed by atoms with Gasteiger partial charge in [-0.15, -0.1) is 0 Å². The van der Waals surface area contributed by atoms with Crippen LogP contribution in [0.25, 0.3) is 105 Å². The minimum atomic E-state index is 0.882. The zero-order valence-corrected chi connectivity index (χ0v) is 36.6. The highest BCUT2D eigenvalue weighted by Gasteiger charge is 2.21. The van der Waals surface area contributed by atoms with Gasteiger partial charge in [-0.1, -0.05) is 176 Å². The van der Waals surface area contributed by atoms with E-state index in [9.17, 15) is 0 Å². The molecule has 0 aliphatic rings. The van der Waals surface area contributed by atoms with Crippen molar-refractivity contribution in [1.29, 1.82) is 0 Å². The van der Waals surface area contributed by atoms with Gasteiger partial charge in [0.15, 0.2) is 0 Å². The molecule has 13 rings (SSSR count). The molecule has 314 valence electrons. The molecule has 0 aliphatic heterocycles. The van der Waals surface area contributed by atoms with Crippen LogP contribution < -0.4 is 4.90 Å². The molecule has 11 aromatic carbocycles. The Morgan fingerprint density at radius 3 is 1.66 bits per heavy atom. The van der Waals surface area contributed by atoms with Crippen LogP contribution in [0.15, 0.2) is 259 Å². The summed E-state index contributed by atoms with van der Waals surface area (Å²) in [6.45, 7) is 0. The summed E-state index contributed by atoms with van der Waals surface area (Å²) in [6.07, 6.45) is 0. The minimum absolute atomic E-state index is 0.882. The maximum atomic E-state index is 6.39. The lowest BCUT2D eigenvalue weighted by molar-refractivity contribution is 0.669. The molecule has 0 N–H and O–H groups in total. The van der Waals surface area contributed by atoms with Crippen LogP contribution in [-0.4, -0.2) is 4.57 Å². The van der Waals surface area contributed by atoms with Crippen LogP contribution in [0.4, 0.5) is 17.1 Å². The average Bonchev–Trinajstić information content (AvgIpc) is 3.94. The summed E-state index contributed by atoms with van der Waals surface area (Å²) in [5, 5.41) is 7.14. The third kappa shape index (κ3) is 6.59. The fourth-order valence-electron chi connectivity index (χ4n) is 10.3. The van der Waals surface area contributed by atoms with E-state index in [0.29, 0.717) is 0 Å². The van der Waals surface area contributed by atoms with Crippen molar-refractivity contribution in [2.24, 2.45) is 0 Å². The predicted molar refractivity (Wildman–Crippen MR) is 282 cm³/mol. The lowest BCUT2D eigenvalue weighted by atomic mass is 9.90. The fourth-order valence-corrected chi connectivity index (χ4v) is 10.3. The lowest BCUT2D eigenvalue weighted by Crippen LogP contribution is -2.11. The van der Waals surface area contributed by atoms with Gasteiger partial charge in [0.2, 0.25) is 0 Å². The smallest absolute Gasteiger partial charge is 0.136 e. The number of para-hydroxylation sites is 4. The van der Waals surface area contributed by atoms with E-state index in [1.807, 2.05) is 12.1 Å². The minimum Gasteiger partial charge on any atom is -0.456 e. The van der Waals surface area contributed by atoms with E-state index in [0.717, 1.165) is 72.5 Å². The van der Waals surface area contributed by atoms with E-state index in [-0.39, 0.29) is 0 Å². The Morgan fingerprint density at radius 2 is 0.866 bits per heavy atom. The molecule has 67 heavy (non-hydrogen) atoms. The summed E-state index contributed by atoms with van der Waals surface area (Å²) in [4.78, 5) is 2.44. The number of hydrogen-bond donors (Lipinski definition) is 0. The molecule has 2 aromatic heterocycles. The number of benzene rings is 11. The van der Waals surface area contributed by atoms with Gasteiger partial charge < -0.3 is 13.9 Å². The Bertz CT molecular complexity index is 3990. The van der Waals surface area contributed by atoms with Gasteiger partial charge in [-0.25, -0.2) is 0 Å². The Kier molecular flexibility index (Phi) is 9.17. The topological polar surface area (TPSA) is 21.3 Å². The van der Waals surface area contributed by atoms with Crippen molar-refractivity contribution in [2.75, 3.05) is 4.90 Å². The predicted octanol–water partition coefficient (Wildman–Crippen LogP) is 18.0. The summed E-state index contributed by atoms with van der Waals surface area (Å²) in [5.41, 5.74) is 17.7. The molecule has 0 spiro atoms. The molecule has 0 saturated heterocycles. The van der Waals surface area contributed by atoms with Crippen molar-refractivity contribution in [3.8, 4) is 50.2 Å². The highest BCUT2D eigenvalue weighted by Crippen LogP contribution is 2.46. The number of anilines is 3. The second kappa shape index (κ2) is 16.0. The van der Waals surface area contributed by atoms with E-state index in [2.05, 4.69) is 252 Å². The molecule has 0 saturated carbocycles. The number of aromatic nitrogens is 1. The first kappa shape index (κ1) is 38.5. The normalized spacial score (nSPS) is 11.6. The van der Waals surface area contributed by atoms with E-state index in [1.165, 1.54) is 49.3 Å². The summed E-state index contributed by atoms with van der Waals surface area (Å²) < 4.78 is 8.76. The molecular formula is C64H42N2O. The van der Waals surface area contributed by atoms with Gasteiger partial charge in [0.25, 0.3) is 0 Å². The molecule has 3 heteroatoms. The molecule has 0 aliphatic carbocycles. The van der Waals surface area contributed by atoms with Crippen molar-refractivity contribution in [3.63, 3.8) is 0 Å². The van der Waals surface area contributed by atoms with E-state index >= 15 is 0 Å². The van der Waals surface area contributed by atoms with E-state index < -0.39 is 0 Å². The number of rotatable bonds is 8. The van der Waals surface area contributed by atoms with Crippen LogP contribution in [0.1, 0.15) is 0 Å². The molecular weight excluding hydrogens is 813 g/mol. The fraction of sp³-hybridized carbons (Fsp3) is 0. The SMILES string of the molecule is c1ccc(-c2cccc3cccc(-c4ccccc4N(c4cccc(-c5ccc6c(c5)oc5ccccc56)c4)c4cccc(-c5ccc6c(c5)c5ccccc5n6-c5ccccc5)c4)c23)cc1. The van der Waals surface area contributed by atoms with Gasteiger partial charge in [0.05, 0.1) is 16.7 Å². The van der Waals surface area contributed by atoms with Gasteiger partial charge in [-0.3, -0.25) is 0 Å². The molecule has 0 atom stereocenters. The van der Waals surface area contributed by atoms with Crippen molar-refractivity contribution in [1.82, 2.24) is 4.57 Å². The second-order valence-electron chi connectivity index (χ2n) is 17.3. The van der Waals surface area contributed by atoms with Gasteiger partial charge in [-0.2, -0.15) is 0 Å². The molecule has 2 heterocycles. The molecule has 0 unspecified atom stereocenters. The van der Waals surface area contributed by atoms with Crippen LogP contribution in [0.3, 0.4) is 0 Å². The Labute approximate surface area is 388 Å². The van der Waals surface area contributed by atoms with E-state index in [4.69, 9.17) is 4.42 Å².